The highest BCUT2D eigenvalue weighted by molar-refractivity contribution is 6.05. The smallest absolute Gasteiger partial charge is 0.222 e. The number of amides is 1. The summed E-state index contributed by atoms with van der Waals surface area (Å²) in [7, 11) is 1.78. The number of nitrogens with one attached hydrogen (secondary N) is 3. The summed E-state index contributed by atoms with van der Waals surface area (Å²) in [6.07, 6.45) is 0.167. The van der Waals surface area contributed by atoms with Crippen molar-refractivity contribution < 1.29 is 19.8 Å². The Morgan fingerprint density at radius 2 is 1.74 bits per heavy atom. The average Bonchev–Trinajstić information content (AvgIpc) is 2.89. The van der Waals surface area contributed by atoms with Crippen molar-refractivity contribution in [3.8, 4) is 11.8 Å². The summed E-state index contributed by atoms with van der Waals surface area (Å²) in [5.74, 6) is -1.56. The normalized spacial score (nSPS) is 13.4. The molecule has 7 nitrogen and oxygen atoms in total. The molecule has 0 aliphatic rings. The number of benzene rings is 1. The molecule has 27 heavy (non-hydrogen) atoms. The van der Waals surface area contributed by atoms with Crippen LogP contribution in [0.5, 0.6) is 11.8 Å². The van der Waals surface area contributed by atoms with Crippen molar-refractivity contribution >= 4 is 11.7 Å². The van der Waals surface area contributed by atoms with Gasteiger partial charge in [0.25, 0.3) is 0 Å². The third-order valence-corrected chi connectivity index (χ3v) is 4.66. The van der Waals surface area contributed by atoms with Crippen LogP contribution in [-0.2, 0) is 4.79 Å². The summed E-state index contributed by atoms with van der Waals surface area (Å²) in [5.41, 5.74) is 1.24. The van der Waals surface area contributed by atoms with Gasteiger partial charge in [-0.3, -0.25) is 14.6 Å². The molecular weight excluding hydrogens is 346 g/mol. The van der Waals surface area contributed by atoms with E-state index < -0.39 is 17.7 Å². The van der Waals surface area contributed by atoms with E-state index in [-0.39, 0.29) is 41.3 Å². The molecular formula is C20H27N3O4. The van der Waals surface area contributed by atoms with E-state index in [1.54, 1.807) is 7.05 Å². The first-order chi connectivity index (χ1) is 12.8. The molecule has 0 saturated heterocycles. The first-order valence-electron chi connectivity index (χ1n) is 8.92. The second kappa shape index (κ2) is 8.73. The standard InChI is InChI=1S/C20H27N3O4/c1-11(2)17(18(25)16-12(3)19(26)23-20(16)27)22-15(24)10-14(21-4)13-8-6-5-7-9-13/h5-9,11,14,17,21,23,26-27H,10H2,1-4H3,(H,22,24)/t14-,17-/m0/s1. The Kier molecular flexibility index (Phi) is 6.63. The molecule has 0 unspecified atom stereocenters. The minimum atomic E-state index is -0.814. The minimum Gasteiger partial charge on any atom is -0.494 e. The lowest BCUT2D eigenvalue weighted by Crippen LogP contribution is -2.45. The molecule has 0 fully saturated rings. The molecule has 0 spiro atoms. The predicted molar refractivity (Wildman–Crippen MR) is 103 cm³/mol. The molecule has 7 heteroatoms. The molecule has 0 aliphatic heterocycles. The topological polar surface area (TPSA) is 114 Å². The zero-order chi connectivity index (χ0) is 20.1. The highest BCUT2D eigenvalue weighted by atomic mass is 16.3. The van der Waals surface area contributed by atoms with Gasteiger partial charge in [-0.2, -0.15) is 0 Å². The number of H-pyrrole nitrogens is 1. The molecule has 1 aromatic carbocycles. The van der Waals surface area contributed by atoms with Crippen LogP contribution < -0.4 is 10.6 Å². The van der Waals surface area contributed by atoms with E-state index >= 15 is 0 Å². The Balaban J connectivity index is 2.15. The minimum absolute atomic E-state index is 0.000254. The van der Waals surface area contributed by atoms with Gasteiger partial charge >= 0.3 is 0 Å². The van der Waals surface area contributed by atoms with E-state index in [0.29, 0.717) is 0 Å². The second-order valence-corrected chi connectivity index (χ2v) is 6.93. The maximum absolute atomic E-state index is 12.9. The number of aromatic hydroxyl groups is 2. The van der Waals surface area contributed by atoms with Crippen LogP contribution >= 0.6 is 0 Å². The van der Waals surface area contributed by atoms with E-state index in [4.69, 9.17) is 0 Å². The molecule has 146 valence electrons. The van der Waals surface area contributed by atoms with Gasteiger partial charge in [0.1, 0.15) is 0 Å². The van der Waals surface area contributed by atoms with E-state index in [2.05, 4.69) is 15.6 Å². The number of ketones is 1. The summed E-state index contributed by atoms with van der Waals surface area (Å²) in [5, 5.41) is 25.5. The fourth-order valence-electron chi connectivity index (χ4n) is 3.05. The van der Waals surface area contributed by atoms with Gasteiger partial charge in [0.15, 0.2) is 11.7 Å². The molecule has 2 atom stereocenters. The molecule has 0 saturated carbocycles. The van der Waals surface area contributed by atoms with Crippen molar-refractivity contribution in [2.24, 2.45) is 5.92 Å². The van der Waals surface area contributed by atoms with Crippen LogP contribution in [0.25, 0.3) is 0 Å². The van der Waals surface area contributed by atoms with Crippen molar-refractivity contribution in [1.29, 1.82) is 0 Å². The van der Waals surface area contributed by atoms with Crippen molar-refractivity contribution in [1.82, 2.24) is 15.6 Å². The Bertz CT molecular complexity index is 799. The number of hydrogen-bond donors (Lipinski definition) is 5. The Morgan fingerprint density at radius 1 is 1.11 bits per heavy atom. The molecule has 0 aliphatic carbocycles. The zero-order valence-corrected chi connectivity index (χ0v) is 16.0. The Labute approximate surface area is 158 Å². The van der Waals surface area contributed by atoms with Crippen LogP contribution in [-0.4, -0.2) is 40.0 Å². The van der Waals surface area contributed by atoms with Crippen molar-refractivity contribution in [3.05, 3.63) is 47.0 Å². The number of aromatic amines is 1. The van der Waals surface area contributed by atoms with Gasteiger partial charge in [-0.1, -0.05) is 44.2 Å². The Hall–Kier alpha value is -2.80. The van der Waals surface area contributed by atoms with Crippen LogP contribution in [0, 0.1) is 12.8 Å². The largest absolute Gasteiger partial charge is 0.494 e. The molecule has 1 aromatic heterocycles. The molecule has 2 rings (SSSR count). The lowest BCUT2D eigenvalue weighted by Gasteiger charge is -2.23. The Morgan fingerprint density at radius 3 is 2.22 bits per heavy atom. The number of Topliss-reactive ketones (excluding diaryl/α,β-unsaturated/α-hetero) is 1. The number of rotatable bonds is 8. The molecule has 1 amide bonds. The van der Waals surface area contributed by atoms with Crippen LogP contribution in [0.3, 0.4) is 0 Å². The van der Waals surface area contributed by atoms with Gasteiger partial charge in [0.05, 0.1) is 11.6 Å². The number of aromatic nitrogens is 1. The van der Waals surface area contributed by atoms with E-state index in [1.165, 1.54) is 6.92 Å². The quantitative estimate of drug-likeness (QED) is 0.456. The van der Waals surface area contributed by atoms with Crippen molar-refractivity contribution in [3.63, 3.8) is 0 Å². The summed E-state index contributed by atoms with van der Waals surface area (Å²) < 4.78 is 0. The van der Waals surface area contributed by atoms with Gasteiger partial charge < -0.3 is 20.8 Å². The van der Waals surface area contributed by atoms with Gasteiger partial charge in [-0.25, -0.2) is 0 Å². The summed E-state index contributed by atoms with van der Waals surface area (Å²) in [6, 6.07) is 8.59. The van der Waals surface area contributed by atoms with Crippen LogP contribution in [0.4, 0.5) is 0 Å². The van der Waals surface area contributed by atoms with Crippen molar-refractivity contribution in [2.45, 2.75) is 39.3 Å². The van der Waals surface area contributed by atoms with Crippen LogP contribution in [0.15, 0.2) is 30.3 Å². The maximum atomic E-state index is 12.9. The summed E-state index contributed by atoms with van der Waals surface area (Å²) in [6.45, 7) is 5.16. The summed E-state index contributed by atoms with van der Waals surface area (Å²) >= 11 is 0. The highest BCUT2D eigenvalue weighted by Gasteiger charge is 2.31. The van der Waals surface area contributed by atoms with Gasteiger partial charge in [0.2, 0.25) is 11.8 Å². The second-order valence-electron chi connectivity index (χ2n) is 6.93. The third-order valence-electron chi connectivity index (χ3n) is 4.66. The van der Waals surface area contributed by atoms with E-state index in [9.17, 15) is 19.8 Å². The van der Waals surface area contributed by atoms with E-state index in [0.717, 1.165) is 5.56 Å². The molecule has 0 radical (unpaired) electrons. The van der Waals surface area contributed by atoms with Gasteiger partial charge in [-0.15, -0.1) is 0 Å². The van der Waals surface area contributed by atoms with Crippen LogP contribution in [0.1, 0.15) is 47.8 Å². The molecule has 5 N–H and O–H groups in total. The van der Waals surface area contributed by atoms with E-state index in [1.807, 2.05) is 44.2 Å². The lowest BCUT2D eigenvalue weighted by atomic mass is 9.93. The van der Waals surface area contributed by atoms with Gasteiger partial charge in [-0.05, 0) is 25.5 Å². The number of hydrogen-bond acceptors (Lipinski definition) is 5. The number of carbonyl (C=O) groups is 2. The van der Waals surface area contributed by atoms with Gasteiger partial charge in [0, 0.05) is 18.0 Å². The SMILES string of the molecule is CN[C@@H](CC(=O)N[C@H](C(=O)c1c(O)[nH]c(O)c1C)C(C)C)c1ccccc1. The zero-order valence-electron chi connectivity index (χ0n) is 16.0. The first-order valence-corrected chi connectivity index (χ1v) is 8.92. The van der Waals surface area contributed by atoms with Crippen molar-refractivity contribution in [2.75, 3.05) is 7.05 Å². The average molecular weight is 373 g/mol. The number of carbonyl (C=O) groups excluding carboxylic acids is 2. The molecule has 2 aromatic rings. The molecule has 0 bridgehead atoms. The fraction of sp³-hybridized carbons (Fsp3) is 0.400. The van der Waals surface area contributed by atoms with Crippen LogP contribution in [0.2, 0.25) is 0 Å². The third kappa shape index (κ3) is 4.68. The lowest BCUT2D eigenvalue weighted by molar-refractivity contribution is -0.122. The predicted octanol–water partition coefficient (Wildman–Crippen LogP) is 2.41. The molecule has 1 heterocycles. The maximum Gasteiger partial charge on any atom is 0.222 e. The monoisotopic (exact) mass is 373 g/mol. The fourth-order valence-corrected chi connectivity index (χ4v) is 3.05. The first kappa shape index (κ1) is 20.5. The highest BCUT2D eigenvalue weighted by Crippen LogP contribution is 2.30. The summed E-state index contributed by atoms with van der Waals surface area (Å²) in [4.78, 5) is 27.8.